The molecule has 3 aromatic rings. The number of anilines is 1. The van der Waals surface area contributed by atoms with Gasteiger partial charge in [0.2, 0.25) is 11.8 Å². The molecule has 2 aliphatic heterocycles. The molecule has 2 aliphatic rings. The number of likely N-dealkylation sites (N-methyl/N-ethyl adjacent to an activating group) is 1. The van der Waals surface area contributed by atoms with Crippen LogP contribution in [-0.2, 0) is 4.74 Å². The van der Waals surface area contributed by atoms with Crippen molar-refractivity contribution in [1.82, 2.24) is 15.0 Å². The van der Waals surface area contributed by atoms with E-state index < -0.39 is 0 Å². The van der Waals surface area contributed by atoms with Gasteiger partial charge in [-0.1, -0.05) is 18.7 Å². The number of allylic oxidation sites excluding steroid dienone is 2. The lowest BCUT2D eigenvalue weighted by Crippen LogP contribution is -2.38. The molecule has 34 heavy (non-hydrogen) atoms. The molecule has 172 valence electrons. The first-order chi connectivity index (χ1) is 16.3. The molecule has 5 rings (SSSR count). The van der Waals surface area contributed by atoms with Crippen LogP contribution in [0.25, 0.3) is 22.9 Å². The van der Waals surface area contributed by atoms with Crippen molar-refractivity contribution >= 4 is 34.4 Å². The molecule has 0 radical (unpaired) electrons. The van der Waals surface area contributed by atoms with Crippen LogP contribution in [0.5, 0.6) is 5.75 Å². The Hall–Kier alpha value is -4.21. The zero-order chi connectivity index (χ0) is 23.9. The molecule has 0 aliphatic carbocycles. The maximum absolute atomic E-state index is 10.3. The summed E-state index contributed by atoms with van der Waals surface area (Å²) in [5, 5.41) is 16.0. The Morgan fingerprint density at radius 1 is 1.21 bits per heavy atom. The molecule has 0 spiro atoms. The van der Waals surface area contributed by atoms with Crippen LogP contribution in [0.3, 0.4) is 0 Å². The summed E-state index contributed by atoms with van der Waals surface area (Å²) in [5.41, 5.74) is 2.43. The molecule has 2 aromatic heterocycles. The average molecular weight is 458 g/mol. The van der Waals surface area contributed by atoms with Crippen LogP contribution in [0.4, 0.5) is 5.69 Å². The highest BCUT2D eigenvalue weighted by atomic mass is 16.6. The van der Waals surface area contributed by atoms with Crippen molar-refractivity contribution in [2.24, 2.45) is 4.99 Å². The van der Waals surface area contributed by atoms with Gasteiger partial charge >= 0.3 is 0 Å². The standard InChI is InChI=1S/C25H25N6O3/c1-15-11-21-22(19-8-5-9-20(26-3)23(19)29-21)25(34-18-12-27-16(2)28-13-18)30-24(15)33-17-7-6-10-31(4,32)14-17/h5-13,26,29,32H,1,14H2,2-4H3/q+1. The van der Waals surface area contributed by atoms with E-state index in [0.29, 0.717) is 28.8 Å². The summed E-state index contributed by atoms with van der Waals surface area (Å²) in [6.07, 6.45) is 10.3. The highest BCUT2D eigenvalue weighted by Gasteiger charge is 2.25. The van der Waals surface area contributed by atoms with Crippen molar-refractivity contribution in [1.29, 1.82) is 0 Å². The highest BCUT2D eigenvalue weighted by molar-refractivity contribution is 6.05. The highest BCUT2D eigenvalue weighted by Crippen LogP contribution is 2.22. The molecule has 0 amide bonds. The molecule has 4 heterocycles. The van der Waals surface area contributed by atoms with Crippen LogP contribution >= 0.6 is 0 Å². The Morgan fingerprint density at radius 3 is 2.74 bits per heavy atom. The van der Waals surface area contributed by atoms with Gasteiger partial charge in [-0.25, -0.2) is 15.2 Å². The van der Waals surface area contributed by atoms with Crippen molar-refractivity contribution in [2.75, 3.05) is 26.0 Å². The van der Waals surface area contributed by atoms with Gasteiger partial charge in [0, 0.05) is 18.0 Å². The number of aryl methyl sites for hydroxylation is 1. The third kappa shape index (κ3) is 4.09. The maximum Gasteiger partial charge on any atom is 0.232 e. The first-order valence-corrected chi connectivity index (χ1v) is 10.8. The third-order valence-corrected chi connectivity index (χ3v) is 5.51. The van der Waals surface area contributed by atoms with E-state index in [4.69, 9.17) is 14.5 Å². The number of benzene rings is 1. The number of fused-ring (bicyclic) bond motifs is 3. The summed E-state index contributed by atoms with van der Waals surface area (Å²) in [7, 11) is 3.54. The number of aliphatic imine (C=N–C) groups is 1. The van der Waals surface area contributed by atoms with Gasteiger partial charge in [-0.05, 0) is 31.2 Å². The number of ether oxygens (including phenoxy) is 2. The minimum atomic E-state index is -0.320. The molecule has 0 saturated heterocycles. The number of H-pyrrole nitrogens is 1. The van der Waals surface area contributed by atoms with Crippen molar-refractivity contribution in [3.63, 3.8) is 0 Å². The summed E-state index contributed by atoms with van der Waals surface area (Å²) >= 11 is 0. The number of hydrogen-bond donors (Lipinski definition) is 3. The molecule has 9 heteroatoms. The van der Waals surface area contributed by atoms with E-state index in [9.17, 15) is 5.21 Å². The number of quaternary nitrogens is 1. The fourth-order valence-corrected chi connectivity index (χ4v) is 3.89. The summed E-state index contributed by atoms with van der Waals surface area (Å²) in [6, 6.07) is 5.96. The van der Waals surface area contributed by atoms with E-state index in [0.717, 1.165) is 27.2 Å². The van der Waals surface area contributed by atoms with Crippen molar-refractivity contribution in [2.45, 2.75) is 6.92 Å². The number of nitrogens with one attached hydrogen (secondary N) is 2. The zero-order valence-corrected chi connectivity index (χ0v) is 19.2. The Morgan fingerprint density at radius 2 is 2.00 bits per heavy atom. The van der Waals surface area contributed by atoms with Crippen LogP contribution in [0.1, 0.15) is 5.82 Å². The monoisotopic (exact) mass is 457 g/mol. The van der Waals surface area contributed by atoms with Crippen LogP contribution < -0.4 is 20.6 Å². The normalized spacial score (nSPS) is 19.6. The first kappa shape index (κ1) is 21.6. The van der Waals surface area contributed by atoms with Crippen LogP contribution in [0.15, 0.2) is 71.8 Å². The van der Waals surface area contributed by atoms with E-state index in [1.807, 2.05) is 38.2 Å². The van der Waals surface area contributed by atoms with Gasteiger partial charge in [-0.3, -0.25) is 0 Å². The zero-order valence-electron chi connectivity index (χ0n) is 19.2. The molecule has 3 N–H and O–H groups in total. The third-order valence-electron chi connectivity index (χ3n) is 5.51. The van der Waals surface area contributed by atoms with Gasteiger partial charge in [0.05, 0.1) is 34.2 Å². The SMILES string of the molecule is C=C1C=c2[nH]c3c(NC)cccc3c2=C(Oc2cnc(C)nc2)N=C1OC1=CC=C[N+](C)(O)C1. The predicted molar refractivity (Wildman–Crippen MR) is 130 cm³/mol. The Labute approximate surface area is 195 Å². The van der Waals surface area contributed by atoms with Crippen LogP contribution in [0, 0.1) is 6.92 Å². The number of hydrogen-bond acceptors (Lipinski definition) is 7. The Kier molecular flexibility index (Phi) is 5.27. The summed E-state index contributed by atoms with van der Waals surface area (Å²) in [5.74, 6) is 2.22. The topological polar surface area (TPSA) is 105 Å². The van der Waals surface area contributed by atoms with Gasteiger partial charge in [0.1, 0.15) is 19.1 Å². The fraction of sp³-hybridized carbons (Fsp3) is 0.160. The Balaban J connectivity index is 1.69. The molecule has 1 unspecified atom stereocenters. The van der Waals surface area contributed by atoms with Gasteiger partial charge in [0.15, 0.2) is 18.1 Å². The van der Waals surface area contributed by atoms with Gasteiger partial charge < -0.3 is 19.8 Å². The first-order valence-electron chi connectivity index (χ1n) is 10.8. The number of aromatic amines is 1. The number of rotatable bonds is 4. The van der Waals surface area contributed by atoms with Gasteiger partial charge in [0.25, 0.3) is 0 Å². The molecule has 0 fully saturated rings. The lowest BCUT2D eigenvalue weighted by molar-refractivity contribution is -1.04. The van der Waals surface area contributed by atoms with E-state index in [2.05, 4.69) is 26.8 Å². The molecule has 0 bridgehead atoms. The van der Waals surface area contributed by atoms with Crippen molar-refractivity contribution < 1.29 is 19.3 Å². The van der Waals surface area contributed by atoms with Gasteiger partial charge in [-0.15, -0.1) is 0 Å². The molecule has 9 nitrogen and oxygen atoms in total. The predicted octanol–water partition coefficient (Wildman–Crippen LogP) is 2.47. The van der Waals surface area contributed by atoms with Crippen LogP contribution in [0.2, 0.25) is 0 Å². The van der Waals surface area contributed by atoms with E-state index in [-0.39, 0.29) is 17.1 Å². The smallest absolute Gasteiger partial charge is 0.232 e. The summed E-state index contributed by atoms with van der Waals surface area (Å²) < 4.78 is 12.0. The van der Waals surface area contributed by atoms with Crippen molar-refractivity contribution in [3.05, 3.63) is 83.2 Å². The van der Waals surface area contributed by atoms with Gasteiger partial charge in [-0.2, -0.15) is 9.64 Å². The van der Waals surface area contributed by atoms with Crippen LogP contribution in [-0.4, -0.2) is 51.3 Å². The lowest BCUT2D eigenvalue weighted by atomic mass is 10.2. The number of nitrogens with zero attached hydrogens (tertiary/aromatic N) is 4. The molecular weight excluding hydrogens is 432 g/mol. The second kappa shape index (κ2) is 8.29. The number of aromatic nitrogens is 3. The minimum Gasteiger partial charge on any atom is -0.437 e. The molecular formula is C25H25N6O3+. The molecule has 1 atom stereocenters. The lowest BCUT2D eigenvalue weighted by Gasteiger charge is -2.24. The Bertz CT molecular complexity index is 1510. The second-order valence-electron chi connectivity index (χ2n) is 8.30. The van der Waals surface area contributed by atoms with E-state index in [1.54, 1.807) is 37.8 Å². The average Bonchev–Trinajstić information content (AvgIpc) is 3.11. The minimum absolute atomic E-state index is 0.255. The summed E-state index contributed by atoms with van der Waals surface area (Å²) in [4.78, 5) is 16.7. The second-order valence-corrected chi connectivity index (χ2v) is 8.30. The fourth-order valence-electron chi connectivity index (χ4n) is 3.89. The van der Waals surface area contributed by atoms with Crippen molar-refractivity contribution in [3.8, 4) is 5.75 Å². The quantitative estimate of drug-likeness (QED) is 0.520. The largest absolute Gasteiger partial charge is 0.437 e. The summed E-state index contributed by atoms with van der Waals surface area (Å²) in [6.45, 7) is 6.23. The van der Waals surface area contributed by atoms with E-state index >= 15 is 0 Å². The molecule has 1 aromatic carbocycles. The number of para-hydroxylation sites is 1. The maximum atomic E-state index is 10.3. The van der Waals surface area contributed by atoms with E-state index in [1.165, 1.54) is 0 Å². The number of hydroxylamine groups is 3. The molecule has 0 saturated carbocycles.